The van der Waals surface area contributed by atoms with Gasteiger partial charge in [0.15, 0.2) is 5.96 Å². The minimum absolute atomic E-state index is 0. The lowest BCUT2D eigenvalue weighted by atomic mass is 9.88. The molecule has 1 aromatic carbocycles. The van der Waals surface area contributed by atoms with Crippen LogP contribution in [0.5, 0.6) is 5.75 Å². The number of benzene rings is 1. The summed E-state index contributed by atoms with van der Waals surface area (Å²) in [6.07, 6.45) is 6.95. The van der Waals surface area contributed by atoms with E-state index >= 15 is 0 Å². The quantitative estimate of drug-likeness (QED) is 0.278. The Balaban J connectivity index is 0.00000264. The number of hydrogen-bond acceptors (Lipinski definition) is 2. The number of fused-ring (bicyclic) bond motifs is 1. The first kappa shape index (κ1) is 20.1. The van der Waals surface area contributed by atoms with Crippen LogP contribution in [-0.4, -0.2) is 24.2 Å². The van der Waals surface area contributed by atoms with Gasteiger partial charge in [0.1, 0.15) is 5.75 Å². The van der Waals surface area contributed by atoms with Gasteiger partial charge in [-0.25, -0.2) is 4.99 Å². The van der Waals surface area contributed by atoms with E-state index in [1.54, 1.807) is 0 Å². The van der Waals surface area contributed by atoms with E-state index < -0.39 is 0 Å². The molecule has 130 valence electrons. The number of hydrogen-bond donors (Lipinski definition) is 3. The fourth-order valence-electron chi connectivity index (χ4n) is 2.95. The van der Waals surface area contributed by atoms with Crippen LogP contribution in [0, 0.1) is 0 Å². The molecular weight excluding hydrogens is 401 g/mol. The Morgan fingerprint density at radius 1 is 1.17 bits per heavy atom. The number of nitrogens with zero attached hydrogens (tertiary/aromatic N) is 1. The summed E-state index contributed by atoms with van der Waals surface area (Å²) in [6, 6.07) is 3.90. The topological polar surface area (TPSA) is 56.7 Å². The summed E-state index contributed by atoms with van der Waals surface area (Å²) in [5, 5.41) is 16.8. The minimum atomic E-state index is 0. The van der Waals surface area contributed by atoms with Gasteiger partial charge in [0.25, 0.3) is 0 Å². The normalized spacial score (nSPS) is 13.9. The monoisotopic (exact) mass is 431 g/mol. The fraction of sp³-hybridized carbons (Fsp3) is 0.611. The van der Waals surface area contributed by atoms with Crippen molar-refractivity contribution < 1.29 is 5.11 Å². The minimum Gasteiger partial charge on any atom is -0.508 e. The van der Waals surface area contributed by atoms with Crippen LogP contribution >= 0.6 is 24.0 Å². The number of unbranched alkanes of at least 4 members (excludes halogenated alkanes) is 1. The molecule has 0 saturated heterocycles. The number of guanidine groups is 1. The molecule has 5 heteroatoms. The van der Waals surface area contributed by atoms with E-state index in [-0.39, 0.29) is 24.0 Å². The van der Waals surface area contributed by atoms with Gasteiger partial charge in [-0.3, -0.25) is 0 Å². The van der Waals surface area contributed by atoms with Gasteiger partial charge in [-0.2, -0.15) is 0 Å². The van der Waals surface area contributed by atoms with Crippen molar-refractivity contribution in [3.8, 4) is 5.75 Å². The second-order valence-electron chi connectivity index (χ2n) is 5.88. The number of phenolic OH excluding ortho intramolecular Hbond substituents is 1. The first-order valence-corrected chi connectivity index (χ1v) is 8.61. The second kappa shape index (κ2) is 10.7. The molecule has 3 N–H and O–H groups in total. The molecular formula is C18H30IN3O. The van der Waals surface area contributed by atoms with Crippen molar-refractivity contribution >= 4 is 29.9 Å². The van der Waals surface area contributed by atoms with Crippen LogP contribution in [0.1, 0.15) is 56.2 Å². The predicted molar refractivity (Wildman–Crippen MR) is 108 cm³/mol. The van der Waals surface area contributed by atoms with E-state index in [9.17, 15) is 5.11 Å². The van der Waals surface area contributed by atoms with Gasteiger partial charge >= 0.3 is 0 Å². The lowest BCUT2D eigenvalue weighted by Gasteiger charge is -2.20. The number of phenols is 1. The summed E-state index contributed by atoms with van der Waals surface area (Å²) >= 11 is 0. The van der Waals surface area contributed by atoms with Gasteiger partial charge in [-0.15, -0.1) is 24.0 Å². The molecule has 1 aliphatic rings. The maximum Gasteiger partial charge on any atom is 0.191 e. The Kier molecular flexibility index (Phi) is 9.36. The van der Waals surface area contributed by atoms with E-state index in [4.69, 9.17) is 0 Å². The molecule has 0 fully saturated rings. The lowest BCUT2D eigenvalue weighted by molar-refractivity contribution is 0.465. The Hall–Kier alpha value is -0.980. The van der Waals surface area contributed by atoms with Crippen LogP contribution < -0.4 is 10.6 Å². The van der Waals surface area contributed by atoms with Crippen LogP contribution in [-0.2, 0) is 19.4 Å². The summed E-state index contributed by atoms with van der Waals surface area (Å²) in [5.41, 5.74) is 3.71. The van der Waals surface area contributed by atoms with Crippen molar-refractivity contribution in [2.75, 3.05) is 13.1 Å². The summed E-state index contributed by atoms with van der Waals surface area (Å²) < 4.78 is 0. The maximum atomic E-state index is 10.2. The zero-order chi connectivity index (χ0) is 15.8. The third-order valence-corrected chi connectivity index (χ3v) is 4.19. The van der Waals surface area contributed by atoms with Crippen molar-refractivity contribution in [3.63, 3.8) is 0 Å². The number of nitrogens with one attached hydrogen (secondary N) is 2. The summed E-state index contributed by atoms with van der Waals surface area (Å²) in [7, 11) is 0. The fourth-order valence-corrected chi connectivity index (χ4v) is 2.95. The summed E-state index contributed by atoms with van der Waals surface area (Å²) in [4.78, 5) is 4.66. The average Bonchev–Trinajstić information content (AvgIpc) is 2.54. The van der Waals surface area contributed by atoms with Gasteiger partial charge in [0.05, 0.1) is 6.54 Å². The van der Waals surface area contributed by atoms with Gasteiger partial charge in [0, 0.05) is 18.7 Å². The largest absolute Gasteiger partial charge is 0.508 e. The molecule has 0 spiro atoms. The standard InChI is InChI=1S/C18H29N3O.HI/c1-3-5-12-20-18(19-4-2)21-13-16-15-9-7-6-8-14(15)10-11-17(16)22;/h10-11,22H,3-9,12-13H2,1-2H3,(H2,19,20,21);1H. The average molecular weight is 431 g/mol. The molecule has 4 nitrogen and oxygen atoms in total. The van der Waals surface area contributed by atoms with Crippen molar-refractivity contribution in [3.05, 3.63) is 28.8 Å². The van der Waals surface area contributed by atoms with E-state index in [0.29, 0.717) is 12.3 Å². The van der Waals surface area contributed by atoms with Crippen molar-refractivity contribution in [2.45, 2.75) is 58.9 Å². The molecule has 0 heterocycles. The highest BCUT2D eigenvalue weighted by Gasteiger charge is 2.16. The SMILES string of the molecule is CCCCNC(=NCc1c(O)ccc2c1CCCC2)NCC.I. The zero-order valence-corrected chi connectivity index (χ0v) is 16.7. The molecule has 0 amide bonds. The molecule has 0 aliphatic heterocycles. The molecule has 0 unspecified atom stereocenters. The number of aliphatic imine (C=N–C) groups is 1. The van der Waals surface area contributed by atoms with Crippen LogP contribution in [0.3, 0.4) is 0 Å². The molecule has 1 aromatic rings. The molecule has 1 aliphatic carbocycles. The summed E-state index contributed by atoms with van der Waals surface area (Å²) in [5.74, 6) is 1.22. The third kappa shape index (κ3) is 5.86. The number of rotatable bonds is 6. The maximum absolute atomic E-state index is 10.2. The lowest BCUT2D eigenvalue weighted by Crippen LogP contribution is -2.37. The first-order valence-electron chi connectivity index (χ1n) is 8.61. The van der Waals surface area contributed by atoms with E-state index in [1.807, 2.05) is 6.07 Å². The Bertz CT molecular complexity index is 517. The van der Waals surface area contributed by atoms with Crippen LogP contribution in [0.15, 0.2) is 17.1 Å². The smallest absolute Gasteiger partial charge is 0.191 e. The van der Waals surface area contributed by atoms with Crippen LogP contribution in [0.25, 0.3) is 0 Å². The predicted octanol–water partition coefficient (Wildman–Crippen LogP) is 3.74. The highest BCUT2D eigenvalue weighted by Crippen LogP contribution is 2.30. The van der Waals surface area contributed by atoms with E-state index in [0.717, 1.165) is 43.9 Å². The third-order valence-electron chi connectivity index (χ3n) is 4.19. The van der Waals surface area contributed by atoms with Gasteiger partial charge < -0.3 is 15.7 Å². The number of aromatic hydroxyl groups is 1. The highest BCUT2D eigenvalue weighted by molar-refractivity contribution is 14.0. The van der Waals surface area contributed by atoms with Gasteiger partial charge in [-0.1, -0.05) is 19.4 Å². The van der Waals surface area contributed by atoms with Gasteiger partial charge in [0.2, 0.25) is 0 Å². The molecule has 0 bridgehead atoms. The van der Waals surface area contributed by atoms with E-state index in [1.165, 1.54) is 30.4 Å². The van der Waals surface area contributed by atoms with Crippen molar-refractivity contribution in [2.24, 2.45) is 4.99 Å². The van der Waals surface area contributed by atoms with Crippen LogP contribution in [0.4, 0.5) is 0 Å². The molecule has 0 aromatic heterocycles. The molecule has 23 heavy (non-hydrogen) atoms. The molecule has 0 radical (unpaired) electrons. The van der Waals surface area contributed by atoms with E-state index in [2.05, 4.69) is 35.5 Å². The summed E-state index contributed by atoms with van der Waals surface area (Å²) in [6.45, 7) is 6.56. The highest BCUT2D eigenvalue weighted by atomic mass is 127. The number of halogens is 1. The van der Waals surface area contributed by atoms with Crippen molar-refractivity contribution in [1.29, 1.82) is 0 Å². The molecule has 0 saturated carbocycles. The first-order chi connectivity index (χ1) is 10.8. The Labute approximate surface area is 157 Å². The van der Waals surface area contributed by atoms with Crippen molar-refractivity contribution in [1.82, 2.24) is 10.6 Å². The van der Waals surface area contributed by atoms with Gasteiger partial charge in [-0.05, 0) is 56.2 Å². The molecule has 0 atom stereocenters. The van der Waals surface area contributed by atoms with Crippen LogP contribution in [0.2, 0.25) is 0 Å². The zero-order valence-electron chi connectivity index (χ0n) is 14.3. The Morgan fingerprint density at radius 2 is 1.96 bits per heavy atom. The second-order valence-corrected chi connectivity index (χ2v) is 5.88. The number of aryl methyl sites for hydroxylation is 1. The Morgan fingerprint density at radius 3 is 2.70 bits per heavy atom. The molecule has 2 rings (SSSR count).